The molecule has 2 aromatic carbocycles. The van der Waals surface area contributed by atoms with Gasteiger partial charge in [0.2, 0.25) is 0 Å². The number of para-hydroxylation sites is 1. The first-order valence-electron chi connectivity index (χ1n) is 6.59. The van der Waals surface area contributed by atoms with Crippen LogP contribution in [-0.4, -0.2) is 21.8 Å². The standard InChI is InChI=1S/C16H19NO3S/c1-20-16-6-4-3-5-13(16)11-15(17)12-7-9-14(10-8-12)21(2,18)19/h3-10,15H,11,17H2,1-2H3. The third-order valence-electron chi connectivity index (χ3n) is 3.37. The van der Waals surface area contributed by atoms with Gasteiger partial charge in [-0.05, 0) is 35.7 Å². The first-order valence-corrected chi connectivity index (χ1v) is 8.48. The molecule has 1 atom stereocenters. The van der Waals surface area contributed by atoms with Crippen molar-refractivity contribution >= 4 is 9.84 Å². The zero-order valence-corrected chi connectivity index (χ0v) is 12.9. The van der Waals surface area contributed by atoms with Crippen LogP contribution in [0.25, 0.3) is 0 Å². The summed E-state index contributed by atoms with van der Waals surface area (Å²) < 4.78 is 28.2. The Bertz CT molecular complexity index is 709. The fourth-order valence-corrected chi connectivity index (χ4v) is 2.82. The summed E-state index contributed by atoms with van der Waals surface area (Å²) in [6.45, 7) is 0. The maximum Gasteiger partial charge on any atom is 0.175 e. The second kappa shape index (κ2) is 6.28. The third kappa shape index (κ3) is 3.83. The molecule has 0 aliphatic heterocycles. The van der Waals surface area contributed by atoms with Gasteiger partial charge in [-0.2, -0.15) is 0 Å². The quantitative estimate of drug-likeness (QED) is 0.920. The average Bonchev–Trinajstić information content (AvgIpc) is 2.47. The van der Waals surface area contributed by atoms with Gasteiger partial charge in [0.25, 0.3) is 0 Å². The number of hydrogen-bond acceptors (Lipinski definition) is 4. The Morgan fingerprint density at radius 2 is 1.71 bits per heavy atom. The van der Waals surface area contributed by atoms with Gasteiger partial charge in [0, 0.05) is 12.3 Å². The Balaban J connectivity index is 2.19. The molecule has 0 heterocycles. The third-order valence-corrected chi connectivity index (χ3v) is 4.50. The van der Waals surface area contributed by atoms with Crippen molar-refractivity contribution in [2.45, 2.75) is 17.4 Å². The minimum atomic E-state index is -3.18. The van der Waals surface area contributed by atoms with E-state index in [1.807, 2.05) is 24.3 Å². The predicted molar refractivity (Wildman–Crippen MR) is 83.2 cm³/mol. The van der Waals surface area contributed by atoms with Crippen molar-refractivity contribution in [3.8, 4) is 5.75 Å². The maximum absolute atomic E-state index is 11.4. The van der Waals surface area contributed by atoms with E-state index in [2.05, 4.69) is 0 Å². The van der Waals surface area contributed by atoms with Crippen LogP contribution in [0, 0.1) is 0 Å². The van der Waals surface area contributed by atoms with E-state index in [9.17, 15) is 8.42 Å². The minimum Gasteiger partial charge on any atom is -0.496 e. The minimum absolute atomic E-state index is 0.213. The fourth-order valence-electron chi connectivity index (χ4n) is 2.19. The summed E-state index contributed by atoms with van der Waals surface area (Å²) in [5.74, 6) is 0.806. The highest BCUT2D eigenvalue weighted by atomic mass is 32.2. The molecule has 2 N–H and O–H groups in total. The molecule has 112 valence electrons. The van der Waals surface area contributed by atoms with Gasteiger partial charge in [-0.15, -0.1) is 0 Å². The summed E-state index contributed by atoms with van der Waals surface area (Å²) in [5, 5.41) is 0. The molecule has 2 aromatic rings. The molecule has 0 amide bonds. The van der Waals surface area contributed by atoms with E-state index in [0.29, 0.717) is 11.3 Å². The molecule has 4 nitrogen and oxygen atoms in total. The van der Waals surface area contributed by atoms with Crippen molar-refractivity contribution in [1.29, 1.82) is 0 Å². The van der Waals surface area contributed by atoms with Crippen LogP contribution in [0.5, 0.6) is 5.75 Å². The van der Waals surface area contributed by atoms with E-state index in [1.54, 1.807) is 31.4 Å². The second-order valence-electron chi connectivity index (χ2n) is 4.96. The summed E-state index contributed by atoms with van der Waals surface area (Å²) in [6.07, 6.45) is 1.82. The smallest absolute Gasteiger partial charge is 0.175 e. The topological polar surface area (TPSA) is 69.4 Å². The molecule has 0 aromatic heterocycles. The summed E-state index contributed by atoms with van der Waals surface area (Å²) in [6, 6.07) is 14.2. The molecular formula is C16H19NO3S. The van der Waals surface area contributed by atoms with E-state index in [0.717, 1.165) is 16.9 Å². The van der Waals surface area contributed by atoms with E-state index in [4.69, 9.17) is 10.5 Å². The Morgan fingerprint density at radius 1 is 1.10 bits per heavy atom. The van der Waals surface area contributed by atoms with Gasteiger partial charge in [-0.3, -0.25) is 0 Å². The summed E-state index contributed by atoms with van der Waals surface area (Å²) in [4.78, 5) is 0.302. The Kier molecular flexibility index (Phi) is 4.65. The van der Waals surface area contributed by atoms with Crippen molar-refractivity contribution in [3.05, 3.63) is 59.7 Å². The van der Waals surface area contributed by atoms with Crippen molar-refractivity contribution in [2.75, 3.05) is 13.4 Å². The predicted octanol–water partition coefficient (Wildman–Crippen LogP) is 2.34. The van der Waals surface area contributed by atoms with Gasteiger partial charge in [0.05, 0.1) is 12.0 Å². The SMILES string of the molecule is COc1ccccc1CC(N)c1ccc(S(C)(=O)=O)cc1. The maximum atomic E-state index is 11.4. The van der Waals surface area contributed by atoms with Crippen molar-refractivity contribution in [3.63, 3.8) is 0 Å². The number of nitrogens with two attached hydrogens (primary N) is 1. The summed E-state index contributed by atoms with van der Waals surface area (Å²) in [5.41, 5.74) is 8.13. The first kappa shape index (κ1) is 15.5. The lowest BCUT2D eigenvalue weighted by molar-refractivity contribution is 0.408. The molecule has 0 aliphatic rings. The Morgan fingerprint density at radius 3 is 2.29 bits per heavy atom. The highest BCUT2D eigenvalue weighted by Crippen LogP contribution is 2.24. The lowest BCUT2D eigenvalue weighted by Crippen LogP contribution is -2.14. The number of benzene rings is 2. The molecule has 5 heteroatoms. The van der Waals surface area contributed by atoms with Gasteiger partial charge in [0.1, 0.15) is 5.75 Å². The van der Waals surface area contributed by atoms with Gasteiger partial charge < -0.3 is 10.5 Å². The molecule has 0 spiro atoms. The van der Waals surface area contributed by atoms with E-state index < -0.39 is 9.84 Å². The van der Waals surface area contributed by atoms with E-state index in [-0.39, 0.29) is 6.04 Å². The van der Waals surface area contributed by atoms with E-state index in [1.165, 1.54) is 6.26 Å². The molecule has 21 heavy (non-hydrogen) atoms. The molecule has 0 aliphatic carbocycles. The molecule has 0 bridgehead atoms. The second-order valence-corrected chi connectivity index (χ2v) is 6.98. The molecule has 2 rings (SSSR count). The van der Waals surface area contributed by atoms with Gasteiger partial charge >= 0.3 is 0 Å². The molecule has 1 unspecified atom stereocenters. The lowest BCUT2D eigenvalue weighted by atomic mass is 9.99. The molecule has 0 saturated heterocycles. The normalized spacial score (nSPS) is 12.9. The van der Waals surface area contributed by atoms with Crippen LogP contribution in [-0.2, 0) is 16.3 Å². The van der Waals surface area contributed by atoms with Crippen LogP contribution in [0.3, 0.4) is 0 Å². The average molecular weight is 305 g/mol. The number of ether oxygens (including phenoxy) is 1. The summed E-state index contributed by atoms with van der Waals surface area (Å²) >= 11 is 0. The van der Waals surface area contributed by atoms with Gasteiger partial charge in [-0.1, -0.05) is 30.3 Å². The Hall–Kier alpha value is -1.85. The highest BCUT2D eigenvalue weighted by molar-refractivity contribution is 7.90. The van der Waals surface area contributed by atoms with Crippen LogP contribution < -0.4 is 10.5 Å². The summed E-state index contributed by atoms with van der Waals surface area (Å²) in [7, 11) is -1.55. The number of sulfone groups is 1. The van der Waals surface area contributed by atoms with Crippen molar-refractivity contribution in [1.82, 2.24) is 0 Å². The number of hydrogen-bond donors (Lipinski definition) is 1. The van der Waals surface area contributed by atoms with Crippen molar-refractivity contribution in [2.24, 2.45) is 5.73 Å². The first-order chi connectivity index (χ1) is 9.91. The van der Waals surface area contributed by atoms with Gasteiger partial charge in [-0.25, -0.2) is 8.42 Å². The van der Waals surface area contributed by atoms with Crippen molar-refractivity contribution < 1.29 is 13.2 Å². The van der Waals surface area contributed by atoms with Crippen LogP contribution in [0.4, 0.5) is 0 Å². The number of methoxy groups -OCH3 is 1. The zero-order chi connectivity index (χ0) is 15.5. The molecule has 0 fully saturated rings. The largest absolute Gasteiger partial charge is 0.496 e. The zero-order valence-electron chi connectivity index (χ0n) is 12.1. The van der Waals surface area contributed by atoms with Gasteiger partial charge in [0.15, 0.2) is 9.84 Å². The van der Waals surface area contributed by atoms with Crippen LogP contribution >= 0.6 is 0 Å². The molecule has 0 saturated carbocycles. The molecular weight excluding hydrogens is 286 g/mol. The molecule has 0 radical (unpaired) electrons. The fraction of sp³-hybridized carbons (Fsp3) is 0.250. The Labute approximate surface area is 125 Å². The lowest BCUT2D eigenvalue weighted by Gasteiger charge is -2.15. The van der Waals surface area contributed by atoms with Crippen LogP contribution in [0.2, 0.25) is 0 Å². The number of rotatable bonds is 5. The monoisotopic (exact) mass is 305 g/mol. The highest BCUT2D eigenvalue weighted by Gasteiger charge is 2.12. The van der Waals surface area contributed by atoms with E-state index >= 15 is 0 Å². The van der Waals surface area contributed by atoms with Crippen LogP contribution in [0.15, 0.2) is 53.4 Å². The van der Waals surface area contributed by atoms with Crippen LogP contribution in [0.1, 0.15) is 17.2 Å².